The number of carboxylic acids is 1. The van der Waals surface area contributed by atoms with Gasteiger partial charge < -0.3 is 14.6 Å². The lowest BCUT2D eigenvalue weighted by molar-refractivity contribution is -0.274. The molecule has 0 radical (unpaired) electrons. The van der Waals surface area contributed by atoms with Crippen LogP contribution in [0.2, 0.25) is 0 Å². The SMILES string of the molecule is COc1cc(OC(F)(F)F)ccc1S(=O)(=O)N1CCC(C(=O)O)(c2ccccc2)CC1. The molecule has 1 saturated heterocycles. The van der Waals surface area contributed by atoms with E-state index in [1.165, 1.54) is 0 Å². The van der Waals surface area contributed by atoms with Crippen LogP contribution in [0.5, 0.6) is 11.5 Å². The molecule has 1 aliphatic heterocycles. The van der Waals surface area contributed by atoms with Crippen molar-refractivity contribution in [3.63, 3.8) is 0 Å². The number of piperidine rings is 1. The van der Waals surface area contributed by atoms with Crippen molar-refractivity contribution in [2.75, 3.05) is 20.2 Å². The predicted octanol–water partition coefficient (Wildman–Crippen LogP) is 3.40. The van der Waals surface area contributed by atoms with Crippen LogP contribution < -0.4 is 9.47 Å². The standard InChI is InChI=1S/C20H20F3NO6S/c1-29-16-13-15(30-20(21,22)23)7-8-17(16)31(27,28)24-11-9-19(10-12-24,18(25)26)14-5-3-2-4-6-14/h2-8,13H,9-12H2,1H3,(H,25,26). The first-order chi connectivity index (χ1) is 14.5. The van der Waals surface area contributed by atoms with Gasteiger partial charge in [-0.3, -0.25) is 4.79 Å². The minimum atomic E-state index is -4.93. The molecule has 0 saturated carbocycles. The first-order valence-electron chi connectivity index (χ1n) is 9.22. The lowest BCUT2D eigenvalue weighted by atomic mass is 9.73. The highest BCUT2D eigenvalue weighted by Crippen LogP contribution is 2.39. The third-order valence-corrected chi connectivity index (χ3v) is 7.24. The van der Waals surface area contributed by atoms with Gasteiger partial charge in [0.25, 0.3) is 0 Å². The molecule has 0 aromatic heterocycles. The Kier molecular flexibility index (Phi) is 6.19. The smallest absolute Gasteiger partial charge is 0.495 e. The van der Waals surface area contributed by atoms with Crippen molar-refractivity contribution in [2.24, 2.45) is 0 Å². The highest BCUT2D eigenvalue weighted by Gasteiger charge is 2.45. The van der Waals surface area contributed by atoms with Crippen molar-refractivity contribution < 1.29 is 41.0 Å². The summed E-state index contributed by atoms with van der Waals surface area (Å²) in [6.45, 7) is -0.152. The van der Waals surface area contributed by atoms with E-state index in [0.29, 0.717) is 5.56 Å². The molecule has 0 spiro atoms. The fourth-order valence-electron chi connectivity index (χ4n) is 3.69. The molecule has 2 aromatic carbocycles. The molecule has 0 unspecified atom stereocenters. The number of rotatable bonds is 6. The molecule has 1 heterocycles. The number of ether oxygens (including phenoxy) is 2. The molecular formula is C20H20F3NO6S. The molecule has 0 amide bonds. The number of aliphatic carboxylic acids is 1. The number of carboxylic acid groups (broad SMARTS) is 1. The minimum absolute atomic E-state index is 0.0448. The summed E-state index contributed by atoms with van der Waals surface area (Å²) in [7, 11) is -3.01. The summed E-state index contributed by atoms with van der Waals surface area (Å²) in [5.74, 6) is -1.96. The van der Waals surface area contributed by atoms with Crippen LogP contribution in [0.4, 0.5) is 13.2 Å². The van der Waals surface area contributed by atoms with Crippen molar-refractivity contribution >= 4 is 16.0 Å². The Morgan fingerprint density at radius 3 is 2.23 bits per heavy atom. The number of carbonyl (C=O) groups is 1. The molecule has 7 nitrogen and oxygen atoms in total. The van der Waals surface area contributed by atoms with Gasteiger partial charge in [-0.1, -0.05) is 30.3 Å². The summed E-state index contributed by atoms with van der Waals surface area (Å²) in [5, 5.41) is 9.86. The topological polar surface area (TPSA) is 93.1 Å². The lowest BCUT2D eigenvalue weighted by Gasteiger charge is -2.38. The minimum Gasteiger partial charge on any atom is -0.495 e. The van der Waals surface area contributed by atoms with E-state index >= 15 is 0 Å². The number of hydrogen-bond donors (Lipinski definition) is 1. The van der Waals surface area contributed by atoms with Gasteiger partial charge in [-0.15, -0.1) is 13.2 Å². The van der Waals surface area contributed by atoms with E-state index in [0.717, 1.165) is 29.6 Å². The maximum Gasteiger partial charge on any atom is 0.573 e. The van der Waals surface area contributed by atoms with E-state index in [1.54, 1.807) is 30.3 Å². The van der Waals surface area contributed by atoms with E-state index < -0.39 is 33.5 Å². The molecule has 0 atom stereocenters. The molecule has 31 heavy (non-hydrogen) atoms. The van der Waals surface area contributed by atoms with Crippen LogP contribution in [0, 0.1) is 0 Å². The van der Waals surface area contributed by atoms with E-state index in [-0.39, 0.29) is 36.6 Å². The van der Waals surface area contributed by atoms with Gasteiger partial charge >= 0.3 is 12.3 Å². The second-order valence-electron chi connectivity index (χ2n) is 7.02. The Balaban J connectivity index is 1.87. The second-order valence-corrected chi connectivity index (χ2v) is 8.92. The third kappa shape index (κ3) is 4.62. The van der Waals surface area contributed by atoms with Gasteiger partial charge in [-0.2, -0.15) is 4.31 Å². The van der Waals surface area contributed by atoms with E-state index in [1.807, 2.05) is 0 Å². The number of sulfonamides is 1. The van der Waals surface area contributed by atoms with Crippen molar-refractivity contribution in [1.82, 2.24) is 4.31 Å². The first kappa shape index (κ1) is 22.9. The van der Waals surface area contributed by atoms with Crippen molar-refractivity contribution in [1.29, 1.82) is 0 Å². The van der Waals surface area contributed by atoms with Crippen LogP contribution in [-0.2, 0) is 20.2 Å². The number of halogens is 3. The van der Waals surface area contributed by atoms with Crippen LogP contribution in [0.25, 0.3) is 0 Å². The molecule has 1 fully saturated rings. The largest absolute Gasteiger partial charge is 0.573 e. The highest BCUT2D eigenvalue weighted by molar-refractivity contribution is 7.89. The van der Waals surface area contributed by atoms with Crippen LogP contribution >= 0.6 is 0 Å². The summed E-state index contributed by atoms with van der Waals surface area (Å²) >= 11 is 0. The van der Waals surface area contributed by atoms with Crippen LogP contribution in [0.15, 0.2) is 53.4 Å². The normalized spacial score (nSPS) is 17.2. The summed E-state index contributed by atoms with van der Waals surface area (Å²) in [4.78, 5) is 11.7. The fourth-order valence-corrected chi connectivity index (χ4v) is 5.27. The van der Waals surface area contributed by atoms with Gasteiger partial charge in [0.05, 0.1) is 12.5 Å². The quantitative estimate of drug-likeness (QED) is 0.712. The van der Waals surface area contributed by atoms with E-state index in [2.05, 4.69) is 4.74 Å². The zero-order valence-electron chi connectivity index (χ0n) is 16.4. The monoisotopic (exact) mass is 459 g/mol. The number of alkyl halides is 3. The molecule has 0 aliphatic carbocycles. The molecular weight excluding hydrogens is 439 g/mol. The van der Waals surface area contributed by atoms with Crippen molar-refractivity contribution in [2.45, 2.75) is 29.5 Å². The summed E-state index contributed by atoms with van der Waals surface area (Å²) in [6, 6.07) is 11.3. The van der Waals surface area contributed by atoms with E-state index in [4.69, 9.17) is 4.74 Å². The Labute approximate surface area is 177 Å². The molecule has 3 rings (SSSR count). The summed E-state index contributed by atoms with van der Waals surface area (Å²) in [6.07, 6.45) is -4.85. The highest BCUT2D eigenvalue weighted by atomic mass is 32.2. The molecule has 1 aliphatic rings. The third-order valence-electron chi connectivity index (χ3n) is 5.30. The first-order valence-corrected chi connectivity index (χ1v) is 10.7. The van der Waals surface area contributed by atoms with Crippen LogP contribution in [0.1, 0.15) is 18.4 Å². The maximum atomic E-state index is 13.1. The average Bonchev–Trinajstić information content (AvgIpc) is 2.72. The summed E-state index contributed by atoms with van der Waals surface area (Å²) < 4.78 is 73.5. The number of hydrogen-bond acceptors (Lipinski definition) is 5. The molecule has 11 heteroatoms. The number of methoxy groups -OCH3 is 1. The Hall–Kier alpha value is -2.79. The molecule has 168 valence electrons. The van der Waals surface area contributed by atoms with Crippen molar-refractivity contribution in [3.05, 3.63) is 54.1 Å². The van der Waals surface area contributed by atoms with Crippen LogP contribution in [0.3, 0.4) is 0 Å². The van der Waals surface area contributed by atoms with Gasteiger partial charge in [0.15, 0.2) is 0 Å². The Bertz CT molecular complexity index is 1050. The zero-order chi connectivity index (χ0) is 22.9. The zero-order valence-corrected chi connectivity index (χ0v) is 17.2. The van der Waals surface area contributed by atoms with Gasteiger partial charge in [0.1, 0.15) is 16.4 Å². The molecule has 1 N–H and O–H groups in total. The fraction of sp³-hybridized carbons (Fsp3) is 0.350. The van der Waals surface area contributed by atoms with Gasteiger partial charge in [0.2, 0.25) is 10.0 Å². The molecule has 0 bridgehead atoms. The summed E-state index contributed by atoms with van der Waals surface area (Å²) in [5.41, 5.74) is -0.632. The van der Waals surface area contributed by atoms with Gasteiger partial charge in [0, 0.05) is 19.2 Å². The van der Waals surface area contributed by atoms with Crippen molar-refractivity contribution in [3.8, 4) is 11.5 Å². The van der Waals surface area contributed by atoms with Crippen LogP contribution in [-0.4, -0.2) is 50.4 Å². The molecule has 2 aromatic rings. The second kappa shape index (κ2) is 8.39. The average molecular weight is 459 g/mol. The lowest BCUT2D eigenvalue weighted by Crippen LogP contribution is -2.49. The predicted molar refractivity (Wildman–Crippen MR) is 103 cm³/mol. The maximum absolute atomic E-state index is 13.1. The number of benzene rings is 2. The Morgan fingerprint density at radius 2 is 1.71 bits per heavy atom. The Morgan fingerprint density at radius 1 is 1.10 bits per heavy atom. The van der Waals surface area contributed by atoms with E-state index in [9.17, 15) is 31.5 Å². The van der Waals surface area contributed by atoms with Gasteiger partial charge in [-0.05, 0) is 30.5 Å². The number of nitrogens with zero attached hydrogens (tertiary/aromatic N) is 1. The van der Waals surface area contributed by atoms with Gasteiger partial charge in [-0.25, -0.2) is 8.42 Å².